The molecule has 3 heteroatoms. The molecule has 0 fully saturated rings. The van der Waals surface area contributed by atoms with E-state index >= 15 is 0 Å². The molecule has 0 saturated heterocycles. The van der Waals surface area contributed by atoms with Crippen molar-refractivity contribution in [3.05, 3.63) is 64.4 Å². The van der Waals surface area contributed by atoms with Gasteiger partial charge < -0.3 is 4.74 Å². The summed E-state index contributed by atoms with van der Waals surface area (Å²) in [6.07, 6.45) is 7.50. The van der Waals surface area contributed by atoms with Gasteiger partial charge in [0.05, 0.1) is 12.2 Å². The van der Waals surface area contributed by atoms with E-state index in [0.29, 0.717) is 10.6 Å². The second-order valence-corrected chi connectivity index (χ2v) is 6.45. The fourth-order valence-corrected chi connectivity index (χ4v) is 2.60. The molecule has 0 aliphatic rings. The molecule has 0 spiro atoms. The summed E-state index contributed by atoms with van der Waals surface area (Å²) in [6.45, 7) is 2.97. The highest BCUT2D eigenvalue weighted by atomic mass is 35.5. The molecule has 25 heavy (non-hydrogen) atoms. The van der Waals surface area contributed by atoms with Crippen LogP contribution in [0.5, 0.6) is 5.75 Å². The van der Waals surface area contributed by atoms with Gasteiger partial charge in [0, 0.05) is 10.6 Å². The Hall–Kier alpha value is -1.98. The molecule has 0 saturated carbocycles. The van der Waals surface area contributed by atoms with Gasteiger partial charge in [0.2, 0.25) is 0 Å². The van der Waals surface area contributed by atoms with Crippen LogP contribution in [-0.4, -0.2) is 6.61 Å². The van der Waals surface area contributed by atoms with Crippen molar-refractivity contribution in [2.75, 3.05) is 6.61 Å². The van der Waals surface area contributed by atoms with E-state index in [0.717, 1.165) is 24.3 Å². The van der Waals surface area contributed by atoms with Crippen LogP contribution >= 0.6 is 11.6 Å². The van der Waals surface area contributed by atoms with E-state index < -0.39 is 5.82 Å². The number of hydrogen-bond donors (Lipinski definition) is 0. The number of benzene rings is 2. The van der Waals surface area contributed by atoms with Crippen molar-refractivity contribution in [1.29, 1.82) is 0 Å². The van der Waals surface area contributed by atoms with Gasteiger partial charge in [-0.1, -0.05) is 62.5 Å². The third kappa shape index (κ3) is 7.20. The summed E-state index contributed by atoms with van der Waals surface area (Å²) in [4.78, 5) is 0. The van der Waals surface area contributed by atoms with Crippen LogP contribution in [0, 0.1) is 17.7 Å². The van der Waals surface area contributed by atoms with E-state index in [1.807, 2.05) is 24.3 Å². The molecule has 0 atom stereocenters. The predicted octanol–water partition coefficient (Wildman–Crippen LogP) is 6.62. The predicted molar refractivity (Wildman–Crippen MR) is 103 cm³/mol. The van der Waals surface area contributed by atoms with Crippen molar-refractivity contribution >= 4 is 11.6 Å². The molecule has 0 amide bonds. The maximum absolute atomic E-state index is 13.7. The van der Waals surface area contributed by atoms with E-state index in [2.05, 4.69) is 18.8 Å². The molecule has 2 aromatic carbocycles. The summed E-state index contributed by atoms with van der Waals surface area (Å²) in [5.41, 5.74) is 1.16. The van der Waals surface area contributed by atoms with Crippen LogP contribution < -0.4 is 4.74 Å². The molecular weight excluding hydrogens is 335 g/mol. The molecule has 2 aromatic rings. The molecule has 0 bridgehead atoms. The molecule has 0 heterocycles. The Morgan fingerprint density at radius 3 is 2.36 bits per heavy atom. The van der Waals surface area contributed by atoms with Crippen LogP contribution in [0.4, 0.5) is 4.39 Å². The minimum Gasteiger partial charge on any atom is -0.494 e. The van der Waals surface area contributed by atoms with Crippen molar-refractivity contribution < 1.29 is 9.13 Å². The van der Waals surface area contributed by atoms with E-state index in [-0.39, 0.29) is 0 Å². The average Bonchev–Trinajstić information content (AvgIpc) is 2.61. The van der Waals surface area contributed by atoms with Gasteiger partial charge in [0.1, 0.15) is 11.6 Å². The summed E-state index contributed by atoms with van der Waals surface area (Å²) in [5, 5.41) is 0.370. The fraction of sp³-hybridized carbons (Fsp3) is 0.364. The molecule has 0 unspecified atom stereocenters. The van der Waals surface area contributed by atoms with Crippen LogP contribution in [-0.2, 0) is 0 Å². The maximum Gasteiger partial charge on any atom is 0.140 e. The number of hydrogen-bond acceptors (Lipinski definition) is 1. The molecule has 0 radical (unpaired) electrons. The zero-order valence-corrected chi connectivity index (χ0v) is 15.4. The lowest BCUT2D eigenvalue weighted by Gasteiger charge is -2.06. The van der Waals surface area contributed by atoms with Crippen LogP contribution in [0.25, 0.3) is 0 Å². The van der Waals surface area contributed by atoms with Crippen molar-refractivity contribution in [3.63, 3.8) is 0 Å². The summed E-state index contributed by atoms with van der Waals surface area (Å²) in [5.74, 6) is 6.22. The van der Waals surface area contributed by atoms with Gasteiger partial charge in [-0.15, -0.1) is 0 Å². The van der Waals surface area contributed by atoms with Crippen LogP contribution in [0.3, 0.4) is 0 Å². The van der Waals surface area contributed by atoms with Gasteiger partial charge in [0.15, 0.2) is 0 Å². The lowest BCUT2D eigenvalue weighted by molar-refractivity contribution is 0.304. The zero-order valence-electron chi connectivity index (χ0n) is 14.7. The van der Waals surface area contributed by atoms with Crippen LogP contribution in [0.1, 0.15) is 56.6 Å². The summed E-state index contributed by atoms with van der Waals surface area (Å²) < 4.78 is 19.4. The quantitative estimate of drug-likeness (QED) is 0.380. The Morgan fingerprint density at radius 1 is 0.920 bits per heavy atom. The standard InChI is InChI=1S/C22H24ClFO/c1-2-3-4-5-6-7-16-25-21-14-9-18(10-15-21)8-11-19-12-13-20(23)17-22(19)24/h9-10,12-15,17H,2-7,16H2,1H3. The van der Waals surface area contributed by atoms with Crippen molar-refractivity contribution in [2.24, 2.45) is 0 Å². The summed E-state index contributed by atoms with van der Waals surface area (Å²) in [6, 6.07) is 12.1. The molecule has 0 aliphatic carbocycles. The SMILES string of the molecule is CCCCCCCCOc1ccc(C#Cc2ccc(Cl)cc2F)cc1. The average molecular weight is 359 g/mol. The highest BCUT2D eigenvalue weighted by Gasteiger charge is 1.99. The minimum atomic E-state index is -0.404. The molecule has 0 N–H and O–H groups in total. The van der Waals surface area contributed by atoms with Crippen LogP contribution in [0.15, 0.2) is 42.5 Å². The Balaban J connectivity index is 1.79. The highest BCUT2D eigenvalue weighted by Crippen LogP contribution is 2.15. The molecule has 2 rings (SSSR count). The fourth-order valence-electron chi connectivity index (χ4n) is 2.44. The second kappa shape index (κ2) is 10.8. The maximum atomic E-state index is 13.7. The van der Waals surface area contributed by atoms with E-state index in [9.17, 15) is 4.39 Å². The smallest absolute Gasteiger partial charge is 0.140 e. The Morgan fingerprint density at radius 2 is 1.64 bits per heavy atom. The van der Waals surface area contributed by atoms with Gasteiger partial charge in [-0.3, -0.25) is 0 Å². The number of rotatable bonds is 8. The second-order valence-electron chi connectivity index (χ2n) is 6.01. The molecule has 1 nitrogen and oxygen atoms in total. The van der Waals surface area contributed by atoms with Gasteiger partial charge in [-0.2, -0.15) is 0 Å². The normalized spacial score (nSPS) is 10.2. The van der Waals surface area contributed by atoms with E-state index in [1.165, 1.54) is 38.2 Å². The number of ether oxygens (including phenoxy) is 1. The van der Waals surface area contributed by atoms with Crippen molar-refractivity contribution in [2.45, 2.75) is 45.4 Å². The largest absolute Gasteiger partial charge is 0.494 e. The first kappa shape index (κ1) is 19.3. The Labute approximate surface area is 155 Å². The van der Waals surface area contributed by atoms with Gasteiger partial charge >= 0.3 is 0 Å². The summed E-state index contributed by atoms with van der Waals surface area (Å²) >= 11 is 5.73. The Bertz CT molecular complexity index is 713. The molecule has 0 aliphatic heterocycles. The topological polar surface area (TPSA) is 9.23 Å². The van der Waals surface area contributed by atoms with E-state index in [1.54, 1.807) is 12.1 Å². The molecule has 0 aromatic heterocycles. The monoisotopic (exact) mass is 358 g/mol. The first-order chi connectivity index (χ1) is 12.2. The van der Waals surface area contributed by atoms with Crippen LogP contribution in [0.2, 0.25) is 5.02 Å². The zero-order chi connectivity index (χ0) is 17.9. The van der Waals surface area contributed by atoms with Crippen molar-refractivity contribution in [3.8, 4) is 17.6 Å². The Kier molecular flexibility index (Phi) is 8.35. The third-order valence-corrected chi connectivity index (χ3v) is 4.13. The van der Waals surface area contributed by atoms with Gasteiger partial charge in [0.25, 0.3) is 0 Å². The van der Waals surface area contributed by atoms with Gasteiger partial charge in [-0.25, -0.2) is 4.39 Å². The minimum absolute atomic E-state index is 0.341. The summed E-state index contributed by atoms with van der Waals surface area (Å²) in [7, 11) is 0. The lowest BCUT2D eigenvalue weighted by Crippen LogP contribution is -1.97. The molecular formula is C22H24ClFO. The first-order valence-electron chi connectivity index (χ1n) is 8.89. The number of halogens is 2. The third-order valence-electron chi connectivity index (χ3n) is 3.89. The molecule has 132 valence electrons. The van der Waals surface area contributed by atoms with Crippen molar-refractivity contribution in [1.82, 2.24) is 0 Å². The van der Waals surface area contributed by atoms with Gasteiger partial charge in [-0.05, 0) is 48.9 Å². The highest BCUT2D eigenvalue weighted by molar-refractivity contribution is 6.30. The van der Waals surface area contributed by atoms with E-state index in [4.69, 9.17) is 16.3 Å². The lowest BCUT2D eigenvalue weighted by atomic mass is 10.1. The number of unbranched alkanes of at least 4 members (excludes halogenated alkanes) is 5. The first-order valence-corrected chi connectivity index (χ1v) is 9.27.